The van der Waals surface area contributed by atoms with E-state index < -0.39 is 10.0 Å². The number of rotatable bonds is 6. The van der Waals surface area contributed by atoms with Gasteiger partial charge in [0.05, 0.1) is 50.8 Å². The normalized spacial score (nSPS) is 24.8. The fraction of sp³-hybridized carbons (Fsp3) is 0.632. The number of hydrogen-bond acceptors (Lipinski definition) is 3. The number of likely N-dealkylation sites (tertiary alicyclic amines) is 1. The van der Waals surface area contributed by atoms with Crippen LogP contribution in [0.15, 0.2) is 29.2 Å². The quantitative estimate of drug-likeness (QED) is 0.509. The van der Waals surface area contributed by atoms with Crippen molar-refractivity contribution in [2.45, 2.75) is 30.7 Å². The molecule has 3 rings (SSSR count). The molecule has 3 N–H and O–H groups in total. The number of hydrogen-bond donors (Lipinski definition) is 3. The minimum absolute atomic E-state index is 0.0716. The van der Waals surface area contributed by atoms with Crippen molar-refractivity contribution in [1.82, 2.24) is 9.62 Å². The van der Waals surface area contributed by atoms with Gasteiger partial charge < -0.3 is 15.1 Å². The fourth-order valence-corrected chi connectivity index (χ4v) is 5.98. The highest BCUT2D eigenvalue weighted by Crippen LogP contribution is 2.23. The van der Waals surface area contributed by atoms with Crippen molar-refractivity contribution in [1.29, 1.82) is 0 Å². The van der Waals surface area contributed by atoms with Gasteiger partial charge in [0.25, 0.3) is 5.91 Å². The van der Waals surface area contributed by atoms with E-state index in [1.807, 2.05) is 0 Å². The third kappa shape index (κ3) is 5.24. The number of nitrogens with one attached hydrogen (secondary N) is 3. The van der Waals surface area contributed by atoms with Crippen molar-refractivity contribution >= 4 is 27.5 Å². The molecule has 28 heavy (non-hydrogen) atoms. The lowest BCUT2D eigenvalue weighted by Crippen LogP contribution is -3.16. The molecular formula is C19H31ClN4O3S+2. The maximum Gasteiger partial charge on any atom is 0.275 e. The Labute approximate surface area is 172 Å². The second-order valence-corrected chi connectivity index (χ2v) is 10.0. The van der Waals surface area contributed by atoms with Gasteiger partial charge in [0, 0.05) is 18.9 Å². The van der Waals surface area contributed by atoms with Gasteiger partial charge in [0.15, 0.2) is 6.54 Å². The van der Waals surface area contributed by atoms with Crippen LogP contribution in [0.1, 0.15) is 19.8 Å². The Hall–Kier alpha value is -1.19. The van der Waals surface area contributed by atoms with E-state index in [-0.39, 0.29) is 21.9 Å². The van der Waals surface area contributed by atoms with E-state index in [2.05, 4.69) is 12.2 Å². The van der Waals surface area contributed by atoms with Crippen molar-refractivity contribution in [3.63, 3.8) is 0 Å². The maximum absolute atomic E-state index is 12.8. The van der Waals surface area contributed by atoms with Gasteiger partial charge in [-0.05, 0) is 19.1 Å². The number of quaternary nitrogens is 2. The second-order valence-electron chi connectivity index (χ2n) is 7.71. The molecule has 2 saturated heterocycles. The molecule has 1 aromatic carbocycles. The van der Waals surface area contributed by atoms with Crippen LogP contribution in [0.5, 0.6) is 0 Å². The average molecular weight is 431 g/mol. The number of carbonyl (C=O) groups is 1. The minimum atomic E-state index is -3.59. The molecule has 0 radical (unpaired) electrons. The van der Waals surface area contributed by atoms with Crippen LogP contribution in [-0.4, -0.2) is 77.0 Å². The molecule has 7 nitrogen and oxygen atoms in total. The Morgan fingerprint density at radius 3 is 2.39 bits per heavy atom. The number of carbonyl (C=O) groups excluding carboxylic acids is 1. The predicted molar refractivity (Wildman–Crippen MR) is 108 cm³/mol. The lowest BCUT2D eigenvalue weighted by atomic mass is 10.1. The van der Waals surface area contributed by atoms with Crippen LogP contribution in [0.4, 0.5) is 0 Å². The fourth-order valence-electron chi connectivity index (χ4n) is 4.04. The summed E-state index contributed by atoms with van der Waals surface area (Å²) in [6, 6.07) is 6.80. The molecule has 0 aromatic heterocycles. The van der Waals surface area contributed by atoms with Gasteiger partial charge in [-0.3, -0.25) is 4.79 Å². The van der Waals surface area contributed by atoms with Crippen molar-refractivity contribution in [2.24, 2.45) is 0 Å². The molecule has 2 aliphatic heterocycles. The Morgan fingerprint density at radius 1 is 1.14 bits per heavy atom. The zero-order chi connectivity index (χ0) is 20.1. The van der Waals surface area contributed by atoms with E-state index in [0.717, 1.165) is 37.4 Å². The lowest BCUT2D eigenvalue weighted by Gasteiger charge is -2.32. The summed E-state index contributed by atoms with van der Waals surface area (Å²) >= 11 is 6.07. The van der Waals surface area contributed by atoms with E-state index in [1.54, 1.807) is 23.1 Å². The van der Waals surface area contributed by atoms with Crippen LogP contribution >= 0.6 is 11.6 Å². The molecule has 2 aliphatic rings. The van der Waals surface area contributed by atoms with Gasteiger partial charge in [0.1, 0.15) is 4.90 Å². The first-order valence-corrected chi connectivity index (χ1v) is 11.9. The predicted octanol–water partition coefficient (Wildman–Crippen LogP) is -1.59. The first-order chi connectivity index (χ1) is 13.4. The molecule has 0 unspecified atom stereocenters. The van der Waals surface area contributed by atoms with Crippen molar-refractivity contribution in [3.8, 4) is 0 Å². The summed E-state index contributed by atoms with van der Waals surface area (Å²) in [6.07, 6.45) is 2.07. The molecule has 9 heteroatoms. The van der Waals surface area contributed by atoms with Crippen molar-refractivity contribution in [3.05, 3.63) is 29.3 Å². The van der Waals surface area contributed by atoms with Crippen molar-refractivity contribution in [2.75, 3.05) is 52.4 Å². The topological polar surface area (TPSA) is 75.4 Å². The highest BCUT2D eigenvalue weighted by atomic mass is 35.5. The summed E-state index contributed by atoms with van der Waals surface area (Å²) in [6.45, 7) is 8.02. The Kier molecular flexibility index (Phi) is 7.33. The number of amides is 1. The molecule has 0 aliphatic carbocycles. The first-order valence-electron chi connectivity index (χ1n) is 10.1. The number of halogens is 1. The third-order valence-electron chi connectivity index (χ3n) is 5.85. The zero-order valence-electron chi connectivity index (χ0n) is 16.4. The molecule has 1 aromatic rings. The molecule has 156 valence electrons. The van der Waals surface area contributed by atoms with Crippen LogP contribution < -0.4 is 15.1 Å². The van der Waals surface area contributed by atoms with Gasteiger partial charge in [-0.1, -0.05) is 23.7 Å². The van der Waals surface area contributed by atoms with Crippen LogP contribution in [0.2, 0.25) is 5.02 Å². The summed E-state index contributed by atoms with van der Waals surface area (Å²) in [4.78, 5) is 15.3. The van der Waals surface area contributed by atoms with Gasteiger partial charge in [0.2, 0.25) is 10.0 Å². The maximum atomic E-state index is 12.8. The van der Waals surface area contributed by atoms with Gasteiger partial charge in [-0.15, -0.1) is 0 Å². The van der Waals surface area contributed by atoms with Crippen LogP contribution in [-0.2, 0) is 14.8 Å². The zero-order valence-corrected chi connectivity index (χ0v) is 18.0. The van der Waals surface area contributed by atoms with E-state index in [4.69, 9.17) is 11.6 Å². The average Bonchev–Trinajstić information content (AvgIpc) is 2.69. The smallest absolute Gasteiger partial charge is 0.275 e. The van der Waals surface area contributed by atoms with Gasteiger partial charge >= 0.3 is 0 Å². The monoisotopic (exact) mass is 430 g/mol. The van der Waals surface area contributed by atoms with Gasteiger partial charge in [-0.25, -0.2) is 8.42 Å². The standard InChI is InChI=1S/C19H29ClN4O3S/c1-2-22-9-7-16(8-10-22)21-19(25)15-23-11-13-24(14-12-23)28(26,27)18-6-4-3-5-17(18)20/h3-6,16H,2,7-15H2,1H3,(H,21,25)/p+2. The highest BCUT2D eigenvalue weighted by Gasteiger charge is 2.32. The summed E-state index contributed by atoms with van der Waals surface area (Å²) in [5.41, 5.74) is 0. The third-order valence-corrected chi connectivity index (χ3v) is 8.25. The molecule has 0 bridgehead atoms. The second kappa shape index (κ2) is 9.54. The molecule has 2 fully saturated rings. The van der Waals surface area contributed by atoms with Gasteiger partial charge in [-0.2, -0.15) is 4.31 Å². The van der Waals surface area contributed by atoms with Crippen LogP contribution in [0.25, 0.3) is 0 Å². The number of piperazine rings is 1. The lowest BCUT2D eigenvalue weighted by molar-refractivity contribution is -0.903. The minimum Gasteiger partial charge on any atom is -0.348 e. The summed E-state index contributed by atoms with van der Waals surface area (Å²) in [7, 11) is -3.59. The van der Waals surface area contributed by atoms with Crippen LogP contribution in [0.3, 0.4) is 0 Å². The largest absolute Gasteiger partial charge is 0.348 e. The molecule has 0 spiro atoms. The summed E-state index contributed by atoms with van der Waals surface area (Å²) in [5, 5.41) is 3.41. The molecule has 2 heterocycles. The molecule has 1 amide bonds. The van der Waals surface area contributed by atoms with E-state index in [1.165, 1.54) is 10.4 Å². The molecular weight excluding hydrogens is 400 g/mol. The highest BCUT2D eigenvalue weighted by molar-refractivity contribution is 7.89. The molecule has 0 atom stereocenters. The Balaban J connectivity index is 1.46. The number of piperidine rings is 1. The van der Waals surface area contributed by atoms with E-state index >= 15 is 0 Å². The number of benzene rings is 1. The number of nitrogens with zero attached hydrogens (tertiary/aromatic N) is 1. The first kappa shape index (κ1) is 21.5. The van der Waals surface area contributed by atoms with E-state index in [9.17, 15) is 13.2 Å². The summed E-state index contributed by atoms with van der Waals surface area (Å²) < 4.78 is 27.1. The van der Waals surface area contributed by atoms with Crippen molar-refractivity contribution < 1.29 is 23.0 Å². The van der Waals surface area contributed by atoms with E-state index in [0.29, 0.717) is 32.7 Å². The Bertz CT molecular complexity index is 773. The molecule has 0 saturated carbocycles. The SMILES string of the molecule is CC[NH+]1CCC(NC(=O)C[NH+]2CCN(S(=O)(=O)c3ccccc3Cl)CC2)CC1. The summed E-state index contributed by atoms with van der Waals surface area (Å²) in [5.74, 6) is 0.0716. The Morgan fingerprint density at radius 2 is 1.79 bits per heavy atom. The number of sulfonamides is 1. The van der Waals surface area contributed by atoms with Crippen LogP contribution in [0, 0.1) is 0 Å².